The first-order chi connectivity index (χ1) is 24.3. The number of benzene rings is 8. The van der Waals surface area contributed by atoms with Gasteiger partial charge in [0.25, 0.3) is 0 Å². The zero-order valence-electron chi connectivity index (χ0n) is 26.6. The molecule has 0 saturated heterocycles. The molecule has 10 rings (SSSR count). The molecule has 0 fully saturated rings. The van der Waals surface area contributed by atoms with E-state index < -0.39 is 0 Å². The fourth-order valence-electron chi connectivity index (χ4n) is 7.56. The Kier molecular flexibility index (Phi) is 6.22. The minimum Gasteiger partial charge on any atom is -0.454 e. The van der Waals surface area contributed by atoms with E-state index in [1.165, 1.54) is 60.5 Å². The summed E-state index contributed by atoms with van der Waals surface area (Å²) < 4.78 is 6.34. The van der Waals surface area contributed by atoms with E-state index in [9.17, 15) is 0 Å². The first-order valence-electron chi connectivity index (χ1n) is 16.7. The van der Waals surface area contributed by atoms with Crippen molar-refractivity contribution in [3.8, 4) is 44.5 Å². The van der Waals surface area contributed by atoms with Gasteiger partial charge in [-0.05, 0) is 109 Å². The summed E-state index contributed by atoms with van der Waals surface area (Å²) in [5.74, 6) is 0. The van der Waals surface area contributed by atoms with Gasteiger partial charge < -0.3 is 4.42 Å². The quantitative estimate of drug-likeness (QED) is 0.182. The summed E-state index contributed by atoms with van der Waals surface area (Å²) in [5, 5.41) is 6.98. The Morgan fingerprint density at radius 1 is 0.327 bits per heavy atom. The molecule has 0 N–H and O–H groups in total. The largest absolute Gasteiger partial charge is 0.454 e. The van der Waals surface area contributed by atoms with Crippen molar-refractivity contribution in [2.75, 3.05) is 0 Å². The number of aromatic nitrogens is 1. The Morgan fingerprint density at radius 2 is 0.837 bits per heavy atom. The van der Waals surface area contributed by atoms with Crippen LogP contribution in [0.4, 0.5) is 0 Å². The van der Waals surface area contributed by atoms with Crippen molar-refractivity contribution in [2.45, 2.75) is 0 Å². The van der Waals surface area contributed by atoms with Crippen LogP contribution in [0.3, 0.4) is 0 Å². The second-order valence-electron chi connectivity index (χ2n) is 12.7. The average Bonchev–Trinajstić information content (AvgIpc) is 3.53. The van der Waals surface area contributed by atoms with Gasteiger partial charge in [0.1, 0.15) is 11.1 Å². The monoisotopic (exact) mass is 623 g/mol. The van der Waals surface area contributed by atoms with Crippen molar-refractivity contribution in [1.82, 2.24) is 4.98 Å². The molecule has 49 heavy (non-hydrogen) atoms. The summed E-state index contributed by atoms with van der Waals surface area (Å²) >= 11 is 0. The van der Waals surface area contributed by atoms with Crippen molar-refractivity contribution < 1.29 is 4.42 Å². The Bertz CT molecular complexity index is 2750. The van der Waals surface area contributed by atoms with Crippen molar-refractivity contribution >= 4 is 54.5 Å². The maximum atomic E-state index is 6.34. The number of hydrogen-bond acceptors (Lipinski definition) is 2. The van der Waals surface area contributed by atoms with E-state index in [4.69, 9.17) is 9.40 Å². The molecule has 8 aromatic carbocycles. The van der Waals surface area contributed by atoms with Gasteiger partial charge in [-0.1, -0.05) is 133 Å². The third-order valence-corrected chi connectivity index (χ3v) is 9.80. The number of hydrogen-bond donors (Lipinski definition) is 0. The molecule has 0 aliphatic rings. The van der Waals surface area contributed by atoms with Crippen molar-refractivity contribution in [3.63, 3.8) is 0 Å². The van der Waals surface area contributed by atoms with E-state index in [0.29, 0.717) is 0 Å². The van der Waals surface area contributed by atoms with Gasteiger partial charge in [-0.25, -0.2) is 4.98 Å². The highest BCUT2D eigenvalue weighted by Crippen LogP contribution is 2.46. The van der Waals surface area contributed by atoms with Crippen molar-refractivity contribution in [3.05, 3.63) is 176 Å². The number of pyridine rings is 1. The molecule has 0 amide bonds. The minimum absolute atomic E-state index is 0.809. The lowest BCUT2D eigenvalue weighted by molar-refractivity contribution is 0.669. The highest BCUT2D eigenvalue weighted by atomic mass is 16.3. The molecule has 0 atom stereocenters. The summed E-state index contributed by atoms with van der Waals surface area (Å²) in [5.41, 5.74) is 13.1. The fourth-order valence-corrected chi connectivity index (χ4v) is 7.56. The number of furan rings is 1. The maximum absolute atomic E-state index is 6.34. The van der Waals surface area contributed by atoms with Gasteiger partial charge in [0.15, 0.2) is 5.58 Å². The molecule has 2 heteroatoms. The molecule has 2 aromatic heterocycles. The molecule has 10 aromatic rings. The fraction of sp³-hybridized carbons (Fsp3) is 0. The molecule has 0 aliphatic heterocycles. The van der Waals surface area contributed by atoms with Crippen LogP contribution in [0.25, 0.3) is 99.0 Å². The second-order valence-corrected chi connectivity index (χ2v) is 12.7. The van der Waals surface area contributed by atoms with Gasteiger partial charge >= 0.3 is 0 Å². The van der Waals surface area contributed by atoms with E-state index in [2.05, 4.69) is 164 Å². The van der Waals surface area contributed by atoms with Gasteiger partial charge in [-0.3, -0.25) is 0 Å². The molecular weight excluding hydrogens is 595 g/mol. The van der Waals surface area contributed by atoms with E-state index in [1.54, 1.807) is 0 Å². The first-order valence-corrected chi connectivity index (χ1v) is 16.7. The summed E-state index contributed by atoms with van der Waals surface area (Å²) in [6, 6.07) is 63.0. The van der Waals surface area contributed by atoms with Gasteiger partial charge in [0.2, 0.25) is 0 Å². The third-order valence-electron chi connectivity index (χ3n) is 9.80. The van der Waals surface area contributed by atoms with Gasteiger partial charge in [-0.15, -0.1) is 0 Å². The molecule has 2 heterocycles. The van der Waals surface area contributed by atoms with Gasteiger partial charge in [-0.2, -0.15) is 0 Å². The summed E-state index contributed by atoms with van der Waals surface area (Å²) in [6.07, 6.45) is 0. The van der Waals surface area contributed by atoms with Crippen LogP contribution in [0.15, 0.2) is 180 Å². The van der Waals surface area contributed by atoms with Crippen LogP contribution in [0.2, 0.25) is 0 Å². The standard InChI is InChI=1S/C47H29NO/c1-3-13-30(14-4-1)34-25-35(31-15-5-2-6-16-31)27-36(26-34)46-39-20-10-8-18-37(39)45(38-19-9-11-21-40(38)46)33-23-24-43-41(28-33)47-44(49-43)29-32-17-7-12-22-42(32)48-47/h1-29H. The highest BCUT2D eigenvalue weighted by Gasteiger charge is 2.19. The average molecular weight is 624 g/mol. The zero-order chi connectivity index (χ0) is 32.3. The number of fused-ring (bicyclic) bond motifs is 6. The molecule has 2 nitrogen and oxygen atoms in total. The van der Waals surface area contributed by atoms with Crippen LogP contribution < -0.4 is 0 Å². The lowest BCUT2D eigenvalue weighted by Gasteiger charge is -2.19. The van der Waals surface area contributed by atoms with Crippen LogP contribution in [-0.2, 0) is 0 Å². The molecule has 0 unspecified atom stereocenters. The van der Waals surface area contributed by atoms with Crippen molar-refractivity contribution in [2.24, 2.45) is 0 Å². The smallest absolute Gasteiger partial charge is 0.154 e. The topological polar surface area (TPSA) is 26.0 Å². The van der Waals surface area contributed by atoms with Crippen LogP contribution >= 0.6 is 0 Å². The van der Waals surface area contributed by atoms with Crippen LogP contribution in [0, 0.1) is 0 Å². The van der Waals surface area contributed by atoms with E-state index in [0.717, 1.165) is 38.5 Å². The predicted molar refractivity (Wildman–Crippen MR) is 206 cm³/mol. The number of rotatable bonds is 4. The normalized spacial score (nSPS) is 11.7. The molecule has 0 saturated carbocycles. The lowest BCUT2D eigenvalue weighted by atomic mass is 9.84. The first kappa shape index (κ1) is 27.6. The second kappa shape index (κ2) is 11.0. The molecular formula is C47H29NO. The Labute approximate surface area is 283 Å². The number of para-hydroxylation sites is 1. The van der Waals surface area contributed by atoms with Crippen LogP contribution in [-0.4, -0.2) is 4.98 Å². The molecule has 228 valence electrons. The Hall–Kier alpha value is -6.51. The maximum Gasteiger partial charge on any atom is 0.154 e. The van der Waals surface area contributed by atoms with Crippen LogP contribution in [0.1, 0.15) is 0 Å². The lowest BCUT2D eigenvalue weighted by Crippen LogP contribution is -1.92. The molecule has 0 bridgehead atoms. The highest BCUT2D eigenvalue weighted by molar-refractivity contribution is 6.22. The van der Waals surface area contributed by atoms with E-state index in [1.807, 2.05) is 12.1 Å². The van der Waals surface area contributed by atoms with Crippen molar-refractivity contribution in [1.29, 1.82) is 0 Å². The Morgan fingerprint density at radius 3 is 1.45 bits per heavy atom. The van der Waals surface area contributed by atoms with Gasteiger partial charge in [0, 0.05) is 10.8 Å². The molecule has 0 radical (unpaired) electrons. The third kappa shape index (κ3) is 4.53. The van der Waals surface area contributed by atoms with E-state index in [-0.39, 0.29) is 0 Å². The molecule has 0 spiro atoms. The van der Waals surface area contributed by atoms with E-state index >= 15 is 0 Å². The van der Waals surface area contributed by atoms with Gasteiger partial charge in [0.05, 0.1) is 5.52 Å². The molecule has 0 aliphatic carbocycles. The SMILES string of the molecule is c1ccc(-c2cc(-c3ccccc3)cc(-c3c4ccccc4c(-c4ccc5oc6cc7ccccc7nc6c5c4)c4ccccc34)c2)cc1. The summed E-state index contributed by atoms with van der Waals surface area (Å²) in [4.78, 5) is 5.05. The van der Waals surface area contributed by atoms with Crippen LogP contribution in [0.5, 0.6) is 0 Å². The minimum atomic E-state index is 0.809. The Balaban J connectivity index is 1.26. The number of nitrogens with zero attached hydrogens (tertiary/aromatic N) is 1. The zero-order valence-corrected chi connectivity index (χ0v) is 26.6. The summed E-state index contributed by atoms with van der Waals surface area (Å²) in [7, 11) is 0. The predicted octanol–water partition coefficient (Wildman–Crippen LogP) is 13.1. The summed E-state index contributed by atoms with van der Waals surface area (Å²) in [6.45, 7) is 0.